The zero-order chi connectivity index (χ0) is 5.82. The van der Waals surface area contributed by atoms with E-state index in [0.29, 0.717) is 13.0 Å². The molecular formula is C6H10O2Ti. The van der Waals surface area contributed by atoms with Gasteiger partial charge in [0.05, 0.1) is 6.61 Å². The summed E-state index contributed by atoms with van der Waals surface area (Å²) in [5.41, 5.74) is 0. The Labute approximate surface area is 69.8 Å². The van der Waals surface area contributed by atoms with Gasteiger partial charge in [-0.05, 0) is 19.3 Å². The van der Waals surface area contributed by atoms with Crippen molar-refractivity contribution in [1.29, 1.82) is 0 Å². The summed E-state index contributed by atoms with van der Waals surface area (Å²) in [5.74, 6) is -0.0255. The van der Waals surface area contributed by atoms with Crippen molar-refractivity contribution in [3.05, 3.63) is 0 Å². The van der Waals surface area contributed by atoms with Gasteiger partial charge in [0.15, 0.2) is 0 Å². The molecule has 1 aliphatic rings. The van der Waals surface area contributed by atoms with E-state index in [1.54, 1.807) is 0 Å². The number of rotatable bonds is 0. The summed E-state index contributed by atoms with van der Waals surface area (Å²) in [4.78, 5) is 10.5. The molecule has 50 valence electrons. The maximum Gasteiger partial charge on any atom is 0.305 e. The number of hydrogen-bond acceptors (Lipinski definition) is 2. The quantitative estimate of drug-likeness (QED) is 0.393. The summed E-state index contributed by atoms with van der Waals surface area (Å²) in [6.07, 6.45) is 3.83. The fourth-order valence-corrected chi connectivity index (χ4v) is 0.806. The van der Waals surface area contributed by atoms with Gasteiger partial charge in [0.1, 0.15) is 0 Å². The van der Waals surface area contributed by atoms with E-state index in [-0.39, 0.29) is 27.7 Å². The second-order valence-corrected chi connectivity index (χ2v) is 2.03. The Kier molecular flexibility index (Phi) is 5.11. The van der Waals surface area contributed by atoms with E-state index in [4.69, 9.17) is 4.74 Å². The molecular weight excluding hydrogens is 152 g/mol. The minimum atomic E-state index is -0.0255. The molecule has 0 radical (unpaired) electrons. The number of carbonyl (C=O) groups is 1. The molecule has 0 aromatic carbocycles. The Morgan fingerprint density at radius 1 is 1.22 bits per heavy atom. The van der Waals surface area contributed by atoms with Crippen molar-refractivity contribution in [2.45, 2.75) is 25.7 Å². The monoisotopic (exact) mass is 162 g/mol. The van der Waals surface area contributed by atoms with Gasteiger partial charge in [-0.1, -0.05) is 0 Å². The summed E-state index contributed by atoms with van der Waals surface area (Å²) in [6.45, 7) is 0.638. The Morgan fingerprint density at radius 2 is 2.00 bits per heavy atom. The molecule has 0 bridgehead atoms. The molecule has 0 aromatic rings. The SMILES string of the molecule is O=C1CCCCCO1.[Ti]. The van der Waals surface area contributed by atoms with Gasteiger partial charge < -0.3 is 4.74 Å². The van der Waals surface area contributed by atoms with Crippen LogP contribution in [0.5, 0.6) is 0 Å². The van der Waals surface area contributed by atoms with Crippen molar-refractivity contribution in [3.8, 4) is 0 Å². The van der Waals surface area contributed by atoms with E-state index in [1.165, 1.54) is 0 Å². The average Bonchev–Trinajstić information content (AvgIpc) is 1.94. The van der Waals surface area contributed by atoms with E-state index >= 15 is 0 Å². The molecule has 0 atom stereocenters. The number of ether oxygens (including phenoxy) is 1. The van der Waals surface area contributed by atoms with E-state index in [0.717, 1.165) is 19.3 Å². The Balaban J connectivity index is 0.000000640. The normalized spacial score (nSPS) is 19.3. The first-order valence-electron chi connectivity index (χ1n) is 3.05. The van der Waals surface area contributed by atoms with Crippen molar-refractivity contribution in [2.24, 2.45) is 0 Å². The number of carbonyl (C=O) groups excluding carboxylic acids is 1. The number of hydrogen-bond donors (Lipinski definition) is 0. The van der Waals surface area contributed by atoms with Gasteiger partial charge in [-0.15, -0.1) is 0 Å². The van der Waals surface area contributed by atoms with Crippen LogP contribution in [0.4, 0.5) is 0 Å². The van der Waals surface area contributed by atoms with Crippen LogP contribution >= 0.6 is 0 Å². The van der Waals surface area contributed by atoms with Crippen LogP contribution in [0.1, 0.15) is 25.7 Å². The molecule has 0 amide bonds. The van der Waals surface area contributed by atoms with Crippen LogP contribution in [0.3, 0.4) is 0 Å². The van der Waals surface area contributed by atoms with E-state index in [2.05, 4.69) is 0 Å². The minimum Gasteiger partial charge on any atom is -0.466 e. The third-order valence-electron chi connectivity index (χ3n) is 1.29. The largest absolute Gasteiger partial charge is 0.466 e. The fraction of sp³-hybridized carbons (Fsp3) is 0.833. The smallest absolute Gasteiger partial charge is 0.305 e. The molecule has 0 aromatic heterocycles. The molecule has 1 saturated heterocycles. The van der Waals surface area contributed by atoms with E-state index in [9.17, 15) is 4.79 Å². The predicted molar refractivity (Wildman–Crippen MR) is 29.4 cm³/mol. The molecule has 0 unspecified atom stereocenters. The molecule has 0 N–H and O–H groups in total. The first-order valence-corrected chi connectivity index (χ1v) is 3.05. The van der Waals surface area contributed by atoms with Crippen LogP contribution in [0.2, 0.25) is 0 Å². The molecule has 1 rings (SSSR count). The standard InChI is InChI=1S/C6H10O2.Ti/c7-6-4-2-1-3-5-8-6;/h1-5H2;. The van der Waals surface area contributed by atoms with Gasteiger partial charge >= 0.3 is 5.97 Å². The molecule has 1 aliphatic heterocycles. The zero-order valence-electron chi connectivity index (χ0n) is 5.35. The molecule has 0 spiro atoms. The first kappa shape index (κ1) is 9.18. The van der Waals surface area contributed by atoms with Gasteiger partial charge in [-0.2, -0.15) is 0 Å². The van der Waals surface area contributed by atoms with Crippen LogP contribution < -0.4 is 0 Å². The minimum absolute atomic E-state index is 0. The Hall–Kier alpha value is 0.184. The maximum atomic E-state index is 10.5. The Bertz CT molecular complexity index is 83.1. The summed E-state index contributed by atoms with van der Waals surface area (Å²) >= 11 is 0. The van der Waals surface area contributed by atoms with Gasteiger partial charge in [0.2, 0.25) is 0 Å². The fourth-order valence-electron chi connectivity index (χ4n) is 0.806. The Morgan fingerprint density at radius 3 is 2.78 bits per heavy atom. The second kappa shape index (κ2) is 5.01. The predicted octanol–water partition coefficient (Wildman–Crippen LogP) is 1.10. The summed E-state index contributed by atoms with van der Waals surface area (Å²) in [7, 11) is 0. The van der Waals surface area contributed by atoms with Crippen LogP contribution in [0.15, 0.2) is 0 Å². The number of cyclic esters (lactones) is 1. The van der Waals surface area contributed by atoms with Crippen LogP contribution in [0.25, 0.3) is 0 Å². The topological polar surface area (TPSA) is 26.3 Å². The maximum absolute atomic E-state index is 10.5. The van der Waals surface area contributed by atoms with Gasteiger partial charge in [-0.25, -0.2) is 0 Å². The van der Waals surface area contributed by atoms with Gasteiger partial charge in [-0.3, -0.25) is 4.79 Å². The average molecular weight is 162 g/mol. The molecule has 0 aliphatic carbocycles. The van der Waals surface area contributed by atoms with Crippen LogP contribution in [-0.4, -0.2) is 12.6 Å². The van der Waals surface area contributed by atoms with Crippen molar-refractivity contribution in [3.63, 3.8) is 0 Å². The molecule has 9 heavy (non-hydrogen) atoms. The number of esters is 1. The van der Waals surface area contributed by atoms with Crippen LogP contribution in [0, 0.1) is 0 Å². The molecule has 3 heteroatoms. The third kappa shape index (κ3) is 3.71. The summed E-state index contributed by atoms with van der Waals surface area (Å²) < 4.78 is 4.76. The zero-order valence-corrected chi connectivity index (χ0v) is 6.91. The van der Waals surface area contributed by atoms with Gasteiger partial charge in [0, 0.05) is 28.1 Å². The van der Waals surface area contributed by atoms with E-state index in [1.807, 2.05) is 0 Å². The van der Waals surface area contributed by atoms with Gasteiger partial charge in [0.25, 0.3) is 0 Å². The van der Waals surface area contributed by atoms with Crippen molar-refractivity contribution >= 4 is 5.97 Å². The third-order valence-corrected chi connectivity index (χ3v) is 1.29. The van der Waals surface area contributed by atoms with Crippen molar-refractivity contribution in [2.75, 3.05) is 6.61 Å². The van der Waals surface area contributed by atoms with Crippen molar-refractivity contribution in [1.82, 2.24) is 0 Å². The summed E-state index contributed by atoms with van der Waals surface area (Å²) in [5, 5.41) is 0. The van der Waals surface area contributed by atoms with Crippen LogP contribution in [-0.2, 0) is 31.2 Å². The molecule has 1 heterocycles. The second-order valence-electron chi connectivity index (χ2n) is 2.03. The molecule has 2 nitrogen and oxygen atoms in total. The summed E-state index contributed by atoms with van der Waals surface area (Å²) in [6, 6.07) is 0. The van der Waals surface area contributed by atoms with E-state index < -0.39 is 0 Å². The molecule has 1 fully saturated rings. The molecule has 0 saturated carbocycles. The first-order chi connectivity index (χ1) is 3.89. The van der Waals surface area contributed by atoms with Crippen molar-refractivity contribution < 1.29 is 31.2 Å².